The lowest BCUT2D eigenvalue weighted by molar-refractivity contribution is 0.971. The summed E-state index contributed by atoms with van der Waals surface area (Å²) in [5.74, 6) is 0. The molecule has 0 saturated carbocycles. The first-order valence-electron chi connectivity index (χ1n) is 5.46. The van der Waals surface area contributed by atoms with Gasteiger partial charge < -0.3 is 4.98 Å². The molecule has 1 heteroatoms. The van der Waals surface area contributed by atoms with Crippen molar-refractivity contribution >= 4 is 0 Å². The number of H-pyrrole nitrogens is 1. The van der Waals surface area contributed by atoms with Gasteiger partial charge in [-0.05, 0) is 30.4 Å². The maximum atomic E-state index is 3.59. The van der Waals surface area contributed by atoms with Crippen molar-refractivity contribution in [3.8, 4) is 0 Å². The second kappa shape index (κ2) is 3.16. The van der Waals surface area contributed by atoms with Crippen LogP contribution in [0.4, 0.5) is 0 Å². The van der Waals surface area contributed by atoms with Crippen LogP contribution in [-0.2, 0) is 25.7 Å². The standard InChI is InChI=1S/C13H15N/c1-2-6-10-11-7-4-5-9-13(11)14-12(10)8-3-1/h1,3-5,14H,2,6-9H2. The maximum Gasteiger partial charge on any atom is 0.0226 e. The summed E-state index contributed by atoms with van der Waals surface area (Å²) < 4.78 is 0. The van der Waals surface area contributed by atoms with Crippen LogP contribution in [0, 0.1) is 0 Å². The Morgan fingerprint density at radius 1 is 0.786 bits per heavy atom. The van der Waals surface area contributed by atoms with Crippen molar-refractivity contribution in [3.63, 3.8) is 0 Å². The molecule has 14 heavy (non-hydrogen) atoms. The van der Waals surface area contributed by atoms with Gasteiger partial charge in [0, 0.05) is 24.2 Å². The molecule has 1 nitrogen and oxygen atoms in total. The topological polar surface area (TPSA) is 15.8 Å². The van der Waals surface area contributed by atoms with Crippen LogP contribution >= 0.6 is 0 Å². The van der Waals surface area contributed by atoms with Crippen molar-refractivity contribution < 1.29 is 0 Å². The second-order valence-electron chi connectivity index (χ2n) is 4.13. The summed E-state index contributed by atoms with van der Waals surface area (Å²) in [5.41, 5.74) is 6.13. The Hall–Kier alpha value is -1.24. The van der Waals surface area contributed by atoms with Crippen LogP contribution in [0.25, 0.3) is 0 Å². The Morgan fingerprint density at radius 2 is 1.50 bits per heavy atom. The lowest BCUT2D eigenvalue weighted by atomic mass is 9.97. The Bertz CT molecular complexity index is 407. The summed E-state index contributed by atoms with van der Waals surface area (Å²) in [6.45, 7) is 0. The predicted molar refractivity (Wildman–Crippen MR) is 58.5 cm³/mol. The van der Waals surface area contributed by atoms with E-state index < -0.39 is 0 Å². The summed E-state index contributed by atoms with van der Waals surface area (Å²) in [4.78, 5) is 3.59. The zero-order chi connectivity index (χ0) is 9.38. The first-order valence-corrected chi connectivity index (χ1v) is 5.46. The smallest absolute Gasteiger partial charge is 0.0226 e. The second-order valence-corrected chi connectivity index (χ2v) is 4.13. The monoisotopic (exact) mass is 185 g/mol. The number of nitrogens with one attached hydrogen (secondary N) is 1. The molecule has 0 fully saturated rings. The third-order valence-corrected chi connectivity index (χ3v) is 3.25. The number of rotatable bonds is 0. The van der Waals surface area contributed by atoms with Crippen LogP contribution in [-0.4, -0.2) is 4.98 Å². The van der Waals surface area contributed by atoms with E-state index >= 15 is 0 Å². The number of aromatic amines is 1. The molecular formula is C13H15N. The average molecular weight is 185 g/mol. The van der Waals surface area contributed by atoms with Crippen LogP contribution in [0.1, 0.15) is 28.9 Å². The molecule has 0 radical (unpaired) electrons. The van der Waals surface area contributed by atoms with Crippen molar-refractivity contribution in [2.24, 2.45) is 0 Å². The summed E-state index contributed by atoms with van der Waals surface area (Å²) in [6.07, 6.45) is 14.9. The van der Waals surface area contributed by atoms with E-state index in [0.29, 0.717) is 0 Å². The minimum Gasteiger partial charge on any atom is -0.361 e. The van der Waals surface area contributed by atoms with Gasteiger partial charge in [-0.3, -0.25) is 0 Å². The fraction of sp³-hybridized carbons (Fsp3) is 0.385. The Labute approximate surface area is 84.5 Å². The molecule has 0 bridgehead atoms. The quantitative estimate of drug-likeness (QED) is 0.598. The fourth-order valence-electron chi connectivity index (χ4n) is 2.54. The number of hydrogen-bond donors (Lipinski definition) is 1. The van der Waals surface area contributed by atoms with Crippen LogP contribution < -0.4 is 0 Å². The lowest BCUT2D eigenvalue weighted by Crippen LogP contribution is -1.97. The zero-order valence-electron chi connectivity index (χ0n) is 8.34. The van der Waals surface area contributed by atoms with Gasteiger partial charge in [0.15, 0.2) is 0 Å². The maximum absolute atomic E-state index is 3.59. The summed E-state index contributed by atoms with van der Waals surface area (Å²) >= 11 is 0. The summed E-state index contributed by atoms with van der Waals surface area (Å²) in [5, 5.41) is 0. The molecule has 1 aromatic rings. The minimum absolute atomic E-state index is 1.10. The molecule has 72 valence electrons. The van der Waals surface area contributed by atoms with E-state index in [1.165, 1.54) is 24.2 Å². The van der Waals surface area contributed by atoms with Gasteiger partial charge in [0.1, 0.15) is 0 Å². The molecule has 1 N–H and O–H groups in total. The first-order chi connectivity index (χ1) is 6.95. The molecule has 0 unspecified atom stereocenters. The molecule has 2 aliphatic carbocycles. The number of aromatic nitrogens is 1. The molecule has 0 aliphatic heterocycles. The van der Waals surface area contributed by atoms with Crippen LogP contribution in [0.3, 0.4) is 0 Å². The van der Waals surface area contributed by atoms with Crippen LogP contribution in [0.15, 0.2) is 24.3 Å². The molecule has 0 spiro atoms. The minimum atomic E-state index is 1.10. The molecule has 0 atom stereocenters. The number of fused-ring (bicyclic) bond motifs is 3. The molecule has 2 aliphatic rings. The average Bonchev–Trinajstić information content (AvgIpc) is 2.42. The lowest BCUT2D eigenvalue weighted by Gasteiger charge is -2.07. The SMILES string of the molecule is C1=CCc2[nH]c3c(c2CC1)CC=CC3. The van der Waals surface area contributed by atoms with E-state index in [1.54, 1.807) is 11.1 Å². The highest BCUT2D eigenvalue weighted by molar-refractivity contribution is 5.43. The van der Waals surface area contributed by atoms with Gasteiger partial charge >= 0.3 is 0 Å². The molecule has 0 amide bonds. The first kappa shape index (κ1) is 8.10. The van der Waals surface area contributed by atoms with E-state index in [-0.39, 0.29) is 0 Å². The largest absolute Gasteiger partial charge is 0.361 e. The fourth-order valence-corrected chi connectivity index (χ4v) is 2.54. The Morgan fingerprint density at radius 3 is 2.43 bits per heavy atom. The highest BCUT2D eigenvalue weighted by atomic mass is 14.7. The van der Waals surface area contributed by atoms with Crippen molar-refractivity contribution in [2.45, 2.75) is 32.1 Å². The highest BCUT2D eigenvalue weighted by Gasteiger charge is 2.17. The highest BCUT2D eigenvalue weighted by Crippen LogP contribution is 2.27. The van der Waals surface area contributed by atoms with E-state index in [1.807, 2.05) is 0 Å². The van der Waals surface area contributed by atoms with E-state index in [0.717, 1.165) is 19.3 Å². The van der Waals surface area contributed by atoms with Crippen molar-refractivity contribution in [3.05, 3.63) is 46.8 Å². The molecule has 0 saturated heterocycles. The van der Waals surface area contributed by atoms with E-state index in [9.17, 15) is 0 Å². The van der Waals surface area contributed by atoms with Gasteiger partial charge in [0.05, 0.1) is 0 Å². The number of allylic oxidation sites excluding steroid dienone is 4. The van der Waals surface area contributed by atoms with Gasteiger partial charge in [-0.1, -0.05) is 24.3 Å². The normalized spacial score (nSPS) is 18.9. The van der Waals surface area contributed by atoms with Gasteiger partial charge in [-0.15, -0.1) is 0 Å². The third kappa shape index (κ3) is 1.16. The van der Waals surface area contributed by atoms with Crippen molar-refractivity contribution in [2.75, 3.05) is 0 Å². The van der Waals surface area contributed by atoms with Crippen molar-refractivity contribution in [1.29, 1.82) is 0 Å². The van der Waals surface area contributed by atoms with Gasteiger partial charge in [0.2, 0.25) is 0 Å². The summed E-state index contributed by atoms with van der Waals surface area (Å²) in [6, 6.07) is 0. The molecule has 3 rings (SSSR count). The van der Waals surface area contributed by atoms with Gasteiger partial charge in [-0.25, -0.2) is 0 Å². The van der Waals surface area contributed by atoms with Crippen molar-refractivity contribution in [1.82, 2.24) is 4.98 Å². The Balaban J connectivity index is 2.09. The van der Waals surface area contributed by atoms with Gasteiger partial charge in [0.25, 0.3) is 0 Å². The zero-order valence-corrected chi connectivity index (χ0v) is 8.34. The van der Waals surface area contributed by atoms with Crippen LogP contribution in [0.2, 0.25) is 0 Å². The molecule has 0 aromatic carbocycles. The molecular weight excluding hydrogens is 170 g/mol. The summed E-state index contributed by atoms with van der Waals surface area (Å²) in [7, 11) is 0. The number of hydrogen-bond acceptors (Lipinski definition) is 0. The predicted octanol–water partition coefficient (Wildman–Crippen LogP) is 2.71. The molecule has 1 aromatic heterocycles. The van der Waals surface area contributed by atoms with E-state index in [2.05, 4.69) is 29.3 Å². The Kier molecular flexibility index (Phi) is 1.83. The molecule has 1 heterocycles. The third-order valence-electron chi connectivity index (χ3n) is 3.25. The van der Waals surface area contributed by atoms with E-state index in [4.69, 9.17) is 0 Å². The van der Waals surface area contributed by atoms with Crippen LogP contribution in [0.5, 0.6) is 0 Å². The van der Waals surface area contributed by atoms with Gasteiger partial charge in [-0.2, -0.15) is 0 Å².